The quantitative estimate of drug-likeness (QED) is 0.609. The standard InChI is InChI=1S/C16H20O6/c1-5-6-16(10(4)13(18)15(20)22-16)8(2)7-11-9(3)12(17)14(19)21-11/h5-6,8,14,18-19H,7H2,1-4H3. The Bertz CT molecular complexity index is 612. The van der Waals surface area contributed by atoms with E-state index < -0.39 is 23.6 Å². The lowest BCUT2D eigenvalue weighted by Gasteiger charge is -2.32. The zero-order valence-corrected chi connectivity index (χ0v) is 13.0. The van der Waals surface area contributed by atoms with E-state index in [9.17, 15) is 19.8 Å². The van der Waals surface area contributed by atoms with E-state index in [-0.39, 0.29) is 18.1 Å². The molecule has 6 nitrogen and oxygen atoms in total. The second-order valence-corrected chi connectivity index (χ2v) is 5.64. The fourth-order valence-corrected chi connectivity index (χ4v) is 2.89. The first-order valence-corrected chi connectivity index (χ1v) is 7.10. The van der Waals surface area contributed by atoms with Gasteiger partial charge in [-0.2, -0.15) is 0 Å². The minimum absolute atomic E-state index is 0.289. The minimum atomic E-state index is -1.46. The lowest BCUT2D eigenvalue weighted by Crippen LogP contribution is -2.37. The number of esters is 1. The Labute approximate surface area is 128 Å². The van der Waals surface area contributed by atoms with Gasteiger partial charge in [-0.05, 0) is 26.8 Å². The number of allylic oxidation sites excluding steroid dienone is 2. The number of Topliss-reactive ketones (excluding diaryl/α,β-unsaturated/α-hetero) is 1. The second kappa shape index (κ2) is 5.61. The lowest BCUT2D eigenvalue weighted by molar-refractivity contribution is -0.149. The third kappa shape index (κ3) is 2.33. The predicted molar refractivity (Wildman–Crippen MR) is 77.5 cm³/mol. The topological polar surface area (TPSA) is 93.1 Å². The highest BCUT2D eigenvalue weighted by Crippen LogP contribution is 2.42. The van der Waals surface area contributed by atoms with Crippen molar-refractivity contribution in [3.05, 3.63) is 34.8 Å². The largest absolute Gasteiger partial charge is 0.502 e. The van der Waals surface area contributed by atoms with Crippen LogP contribution in [0.25, 0.3) is 0 Å². The van der Waals surface area contributed by atoms with E-state index in [0.717, 1.165) is 0 Å². The highest BCUT2D eigenvalue weighted by atomic mass is 16.6. The van der Waals surface area contributed by atoms with E-state index in [1.165, 1.54) is 0 Å². The van der Waals surface area contributed by atoms with Crippen LogP contribution in [0, 0.1) is 5.92 Å². The first kappa shape index (κ1) is 16.3. The van der Waals surface area contributed by atoms with Gasteiger partial charge in [0.1, 0.15) is 5.76 Å². The first-order chi connectivity index (χ1) is 10.2. The van der Waals surface area contributed by atoms with Crippen molar-refractivity contribution in [3.8, 4) is 0 Å². The number of ether oxygens (including phenoxy) is 2. The van der Waals surface area contributed by atoms with Crippen LogP contribution in [0.5, 0.6) is 0 Å². The molecule has 6 heteroatoms. The van der Waals surface area contributed by atoms with Crippen molar-refractivity contribution in [1.82, 2.24) is 0 Å². The van der Waals surface area contributed by atoms with Crippen molar-refractivity contribution >= 4 is 11.8 Å². The van der Waals surface area contributed by atoms with Crippen LogP contribution in [0.1, 0.15) is 34.1 Å². The Kier molecular flexibility index (Phi) is 4.15. The number of aliphatic hydroxyl groups is 2. The molecule has 0 aromatic rings. The Morgan fingerprint density at radius 3 is 2.41 bits per heavy atom. The molecule has 2 N–H and O–H groups in total. The van der Waals surface area contributed by atoms with E-state index in [4.69, 9.17) is 9.47 Å². The summed E-state index contributed by atoms with van der Waals surface area (Å²) in [5.74, 6) is -1.53. The van der Waals surface area contributed by atoms with Crippen LogP contribution in [0.3, 0.4) is 0 Å². The van der Waals surface area contributed by atoms with Crippen molar-refractivity contribution in [3.63, 3.8) is 0 Å². The molecule has 0 aromatic heterocycles. The van der Waals surface area contributed by atoms with Gasteiger partial charge in [-0.1, -0.05) is 13.0 Å². The first-order valence-electron chi connectivity index (χ1n) is 7.10. The van der Waals surface area contributed by atoms with Gasteiger partial charge in [0.15, 0.2) is 5.60 Å². The second-order valence-electron chi connectivity index (χ2n) is 5.64. The molecule has 0 fully saturated rings. The summed E-state index contributed by atoms with van der Waals surface area (Å²) in [4.78, 5) is 23.3. The smallest absolute Gasteiger partial charge is 0.374 e. The minimum Gasteiger partial charge on any atom is -0.502 e. The number of hydrogen-bond donors (Lipinski definition) is 2. The molecule has 0 aliphatic carbocycles. The van der Waals surface area contributed by atoms with Gasteiger partial charge < -0.3 is 19.7 Å². The Morgan fingerprint density at radius 2 is 2.00 bits per heavy atom. The summed E-state index contributed by atoms with van der Waals surface area (Å²) in [5.41, 5.74) is -0.292. The molecule has 3 atom stereocenters. The van der Waals surface area contributed by atoms with Crippen LogP contribution in [0.4, 0.5) is 0 Å². The van der Waals surface area contributed by atoms with Crippen molar-refractivity contribution in [1.29, 1.82) is 0 Å². The number of cyclic esters (lactones) is 1. The van der Waals surface area contributed by atoms with Crippen molar-refractivity contribution in [2.45, 2.75) is 46.0 Å². The maximum Gasteiger partial charge on any atom is 0.374 e. The molecule has 2 aliphatic heterocycles. The summed E-state index contributed by atoms with van der Waals surface area (Å²) in [5, 5.41) is 19.3. The van der Waals surface area contributed by atoms with E-state index in [2.05, 4.69) is 0 Å². The molecular weight excluding hydrogens is 288 g/mol. The summed E-state index contributed by atoms with van der Waals surface area (Å²) < 4.78 is 10.6. The number of rotatable bonds is 4. The van der Waals surface area contributed by atoms with Crippen molar-refractivity contribution in [2.24, 2.45) is 5.92 Å². The van der Waals surface area contributed by atoms with Crippen LogP contribution in [-0.4, -0.2) is 33.9 Å². The van der Waals surface area contributed by atoms with E-state index in [1.54, 1.807) is 32.9 Å². The number of carbonyl (C=O) groups is 2. The van der Waals surface area contributed by atoms with Gasteiger partial charge in [0.05, 0.1) is 0 Å². The molecule has 0 amide bonds. The van der Waals surface area contributed by atoms with E-state index in [0.29, 0.717) is 16.9 Å². The molecule has 120 valence electrons. The van der Waals surface area contributed by atoms with Crippen molar-refractivity contribution in [2.75, 3.05) is 0 Å². The molecule has 0 aromatic carbocycles. The maximum absolute atomic E-state index is 11.7. The van der Waals surface area contributed by atoms with Crippen LogP contribution in [0.15, 0.2) is 34.8 Å². The fourth-order valence-electron chi connectivity index (χ4n) is 2.89. The molecule has 0 saturated heterocycles. The highest BCUT2D eigenvalue weighted by Gasteiger charge is 2.48. The predicted octanol–water partition coefficient (Wildman–Crippen LogP) is 1.91. The van der Waals surface area contributed by atoms with Crippen LogP contribution >= 0.6 is 0 Å². The van der Waals surface area contributed by atoms with E-state index >= 15 is 0 Å². The fraction of sp³-hybridized carbons (Fsp3) is 0.500. The van der Waals surface area contributed by atoms with Gasteiger partial charge >= 0.3 is 5.97 Å². The summed E-state index contributed by atoms with van der Waals surface area (Å²) >= 11 is 0. The van der Waals surface area contributed by atoms with Gasteiger partial charge in [0.25, 0.3) is 6.29 Å². The van der Waals surface area contributed by atoms with Gasteiger partial charge in [0.2, 0.25) is 11.5 Å². The molecule has 0 bridgehead atoms. The Hall–Kier alpha value is -2.08. The Morgan fingerprint density at radius 1 is 1.36 bits per heavy atom. The summed E-state index contributed by atoms with van der Waals surface area (Å²) in [6.45, 7) is 6.83. The van der Waals surface area contributed by atoms with Gasteiger partial charge in [0, 0.05) is 23.5 Å². The maximum atomic E-state index is 11.7. The Balaban J connectivity index is 2.33. The van der Waals surface area contributed by atoms with Crippen molar-refractivity contribution < 1.29 is 29.3 Å². The van der Waals surface area contributed by atoms with Gasteiger partial charge in [-0.25, -0.2) is 4.79 Å². The zero-order valence-electron chi connectivity index (χ0n) is 13.0. The lowest BCUT2D eigenvalue weighted by atomic mass is 9.80. The third-order valence-corrected chi connectivity index (χ3v) is 4.30. The SMILES string of the molecule is CC=CC1(C(C)CC2=C(C)C(=O)C(O)O2)OC(=O)C(O)=C1C. The third-order valence-electron chi connectivity index (χ3n) is 4.30. The normalized spacial score (nSPS) is 30.3. The molecule has 0 radical (unpaired) electrons. The molecule has 0 spiro atoms. The average Bonchev–Trinajstić information content (AvgIpc) is 2.83. The number of aliphatic hydroxyl groups excluding tert-OH is 2. The molecule has 2 aliphatic rings. The summed E-state index contributed by atoms with van der Waals surface area (Å²) in [7, 11) is 0. The number of ketones is 1. The van der Waals surface area contributed by atoms with Crippen LogP contribution in [-0.2, 0) is 19.1 Å². The summed E-state index contributed by atoms with van der Waals surface area (Å²) in [6, 6.07) is 0. The highest BCUT2D eigenvalue weighted by molar-refractivity contribution is 5.99. The zero-order chi connectivity index (χ0) is 16.7. The molecule has 3 unspecified atom stereocenters. The van der Waals surface area contributed by atoms with Gasteiger partial charge in [-0.15, -0.1) is 0 Å². The molecule has 22 heavy (non-hydrogen) atoms. The monoisotopic (exact) mass is 308 g/mol. The number of hydrogen-bond acceptors (Lipinski definition) is 6. The molecule has 0 saturated carbocycles. The van der Waals surface area contributed by atoms with Crippen LogP contribution in [0.2, 0.25) is 0 Å². The average molecular weight is 308 g/mol. The van der Waals surface area contributed by atoms with Crippen LogP contribution < -0.4 is 0 Å². The number of carbonyl (C=O) groups excluding carboxylic acids is 2. The molecular formula is C16H20O6. The molecule has 2 rings (SSSR count). The van der Waals surface area contributed by atoms with Gasteiger partial charge in [-0.3, -0.25) is 4.79 Å². The summed E-state index contributed by atoms with van der Waals surface area (Å²) in [6.07, 6.45) is 2.27. The van der Waals surface area contributed by atoms with E-state index in [1.807, 2.05) is 6.92 Å². The molecule has 2 heterocycles.